The normalized spacial score (nSPS) is 15.6. The number of H-pyrrole nitrogens is 1. The van der Waals surface area contributed by atoms with Gasteiger partial charge in [-0.2, -0.15) is 0 Å². The number of aromatic amines is 1. The molecule has 1 atom stereocenters. The second-order valence-electron chi connectivity index (χ2n) is 7.03. The van der Waals surface area contributed by atoms with Crippen LogP contribution in [-0.4, -0.2) is 31.3 Å². The van der Waals surface area contributed by atoms with Crippen molar-refractivity contribution in [2.75, 3.05) is 6.61 Å². The molecular formula is C20H19N5O3S2. The van der Waals surface area contributed by atoms with E-state index in [1.54, 1.807) is 11.3 Å². The number of nitrogens with one attached hydrogen (secondary N) is 1. The summed E-state index contributed by atoms with van der Waals surface area (Å²) in [6, 6.07) is 7.57. The third-order valence-corrected chi connectivity index (χ3v) is 7.22. The molecule has 1 aromatic carbocycles. The monoisotopic (exact) mass is 441 g/mol. The SMILES string of the molecule is Cc1sc2nc(CSc3nnc([C@H]4COc5ccccc5O4)n3C)[nH]c(=O)c2c1C. The van der Waals surface area contributed by atoms with Crippen molar-refractivity contribution < 1.29 is 9.47 Å². The van der Waals surface area contributed by atoms with Gasteiger partial charge in [-0.1, -0.05) is 23.9 Å². The Bertz CT molecular complexity index is 1310. The van der Waals surface area contributed by atoms with Crippen LogP contribution >= 0.6 is 23.1 Å². The Morgan fingerprint density at radius 1 is 1.27 bits per heavy atom. The minimum absolute atomic E-state index is 0.0949. The summed E-state index contributed by atoms with van der Waals surface area (Å²) >= 11 is 3.01. The second-order valence-corrected chi connectivity index (χ2v) is 9.17. The zero-order valence-electron chi connectivity index (χ0n) is 16.6. The van der Waals surface area contributed by atoms with Crippen LogP contribution in [0.15, 0.2) is 34.2 Å². The third kappa shape index (κ3) is 3.25. The van der Waals surface area contributed by atoms with Gasteiger partial charge < -0.3 is 19.0 Å². The number of ether oxygens (including phenoxy) is 2. The van der Waals surface area contributed by atoms with Crippen molar-refractivity contribution in [2.45, 2.75) is 30.9 Å². The first-order chi connectivity index (χ1) is 14.5. The molecule has 30 heavy (non-hydrogen) atoms. The van der Waals surface area contributed by atoms with Crippen molar-refractivity contribution in [1.29, 1.82) is 0 Å². The van der Waals surface area contributed by atoms with Gasteiger partial charge in [-0.15, -0.1) is 21.5 Å². The lowest BCUT2D eigenvalue weighted by Crippen LogP contribution is -2.24. The molecule has 10 heteroatoms. The molecule has 4 aromatic rings. The van der Waals surface area contributed by atoms with Gasteiger partial charge >= 0.3 is 0 Å². The number of para-hydroxylation sites is 2. The van der Waals surface area contributed by atoms with E-state index in [2.05, 4.69) is 20.2 Å². The summed E-state index contributed by atoms with van der Waals surface area (Å²) in [6.07, 6.45) is -0.335. The number of benzene rings is 1. The summed E-state index contributed by atoms with van der Waals surface area (Å²) in [5, 5.41) is 9.99. The standard InChI is InChI=1S/C20H19N5O3S2/c1-10-11(2)30-19-16(10)18(26)21-15(22-19)9-29-20-24-23-17(25(20)3)14-8-27-12-6-4-5-7-13(12)28-14/h4-7,14H,8-9H2,1-3H3,(H,21,22,26)/t14-/m1/s1. The molecule has 154 valence electrons. The fourth-order valence-corrected chi connectivity index (χ4v) is 5.22. The second kappa shape index (κ2) is 7.44. The zero-order valence-corrected chi connectivity index (χ0v) is 18.3. The summed E-state index contributed by atoms with van der Waals surface area (Å²) in [7, 11) is 1.90. The highest BCUT2D eigenvalue weighted by atomic mass is 32.2. The van der Waals surface area contributed by atoms with Crippen LogP contribution in [0.25, 0.3) is 10.2 Å². The number of thiophene rings is 1. The summed E-state index contributed by atoms with van der Waals surface area (Å²) < 4.78 is 13.7. The maximum absolute atomic E-state index is 12.5. The molecule has 0 unspecified atom stereocenters. The summed E-state index contributed by atoms with van der Waals surface area (Å²) in [6.45, 7) is 4.33. The lowest BCUT2D eigenvalue weighted by molar-refractivity contribution is 0.0825. The first kappa shape index (κ1) is 19.1. The minimum atomic E-state index is -0.335. The van der Waals surface area contributed by atoms with Crippen molar-refractivity contribution in [1.82, 2.24) is 24.7 Å². The van der Waals surface area contributed by atoms with Gasteiger partial charge in [-0.3, -0.25) is 4.79 Å². The molecular weight excluding hydrogens is 422 g/mol. The molecule has 1 aliphatic rings. The Hall–Kier alpha value is -2.85. The van der Waals surface area contributed by atoms with Crippen LogP contribution in [0.1, 0.15) is 28.2 Å². The van der Waals surface area contributed by atoms with Crippen LogP contribution in [0.5, 0.6) is 11.5 Å². The molecule has 0 saturated carbocycles. The largest absolute Gasteiger partial charge is 0.485 e. The molecule has 0 amide bonds. The van der Waals surface area contributed by atoms with Crippen LogP contribution < -0.4 is 15.0 Å². The number of aromatic nitrogens is 5. The van der Waals surface area contributed by atoms with Gasteiger partial charge in [0.15, 0.2) is 28.6 Å². The first-order valence-corrected chi connectivity index (χ1v) is 11.2. The van der Waals surface area contributed by atoms with Gasteiger partial charge in [0.2, 0.25) is 0 Å². The average molecular weight is 442 g/mol. The van der Waals surface area contributed by atoms with Gasteiger partial charge in [-0.25, -0.2) is 4.98 Å². The summed E-state index contributed by atoms with van der Waals surface area (Å²) in [4.78, 5) is 21.9. The van der Waals surface area contributed by atoms with Gasteiger partial charge in [0.05, 0.1) is 11.1 Å². The van der Waals surface area contributed by atoms with Crippen molar-refractivity contribution in [3.63, 3.8) is 0 Å². The number of aryl methyl sites for hydroxylation is 2. The maximum atomic E-state index is 12.5. The lowest BCUT2D eigenvalue weighted by Gasteiger charge is -2.25. The highest BCUT2D eigenvalue weighted by Crippen LogP contribution is 2.36. The van der Waals surface area contributed by atoms with E-state index >= 15 is 0 Å². The number of thioether (sulfide) groups is 1. The van der Waals surface area contributed by atoms with Crippen LogP contribution in [0.4, 0.5) is 0 Å². The molecule has 0 aliphatic carbocycles. The highest BCUT2D eigenvalue weighted by Gasteiger charge is 2.27. The Balaban J connectivity index is 1.34. The minimum Gasteiger partial charge on any atom is -0.485 e. The molecule has 0 spiro atoms. The summed E-state index contributed by atoms with van der Waals surface area (Å²) in [5.74, 6) is 3.22. The molecule has 8 nitrogen and oxygen atoms in total. The average Bonchev–Trinajstić information content (AvgIpc) is 3.25. The van der Waals surface area contributed by atoms with E-state index in [1.165, 1.54) is 11.8 Å². The Labute approximate surface area is 180 Å². The van der Waals surface area contributed by atoms with Crippen LogP contribution in [0.2, 0.25) is 0 Å². The number of hydrogen-bond donors (Lipinski definition) is 1. The van der Waals surface area contributed by atoms with Gasteiger partial charge in [0.25, 0.3) is 5.56 Å². The number of hydrogen-bond acceptors (Lipinski definition) is 8. The Morgan fingerprint density at radius 3 is 2.90 bits per heavy atom. The lowest BCUT2D eigenvalue weighted by atomic mass is 10.2. The fraction of sp³-hybridized carbons (Fsp3) is 0.300. The number of nitrogens with zero attached hydrogens (tertiary/aromatic N) is 4. The van der Waals surface area contributed by atoms with E-state index in [9.17, 15) is 4.79 Å². The van der Waals surface area contributed by atoms with E-state index in [-0.39, 0.29) is 11.7 Å². The first-order valence-electron chi connectivity index (χ1n) is 9.40. The molecule has 0 radical (unpaired) electrons. The van der Waals surface area contributed by atoms with Crippen LogP contribution in [0, 0.1) is 13.8 Å². The number of fused-ring (bicyclic) bond motifs is 2. The van der Waals surface area contributed by atoms with Crippen molar-refractivity contribution in [3.05, 3.63) is 56.7 Å². The van der Waals surface area contributed by atoms with Crippen molar-refractivity contribution in [3.8, 4) is 11.5 Å². The van der Waals surface area contributed by atoms with Crippen molar-refractivity contribution in [2.24, 2.45) is 7.05 Å². The van der Waals surface area contributed by atoms with E-state index in [1.807, 2.05) is 49.7 Å². The molecule has 5 rings (SSSR count). The maximum Gasteiger partial charge on any atom is 0.259 e. The molecule has 3 aromatic heterocycles. The van der Waals surface area contributed by atoms with E-state index < -0.39 is 0 Å². The van der Waals surface area contributed by atoms with Gasteiger partial charge in [0.1, 0.15) is 17.3 Å². The van der Waals surface area contributed by atoms with Crippen molar-refractivity contribution >= 4 is 33.3 Å². The van der Waals surface area contributed by atoms with Gasteiger partial charge in [0, 0.05) is 11.9 Å². The summed E-state index contributed by atoms with van der Waals surface area (Å²) in [5.41, 5.74) is 0.902. The molecule has 0 saturated heterocycles. The molecule has 4 heterocycles. The Kier molecular flexibility index (Phi) is 4.75. The van der Waals surface area contributed by atoms with E-state index in [4.69, 9.17) is 9.47 Å². The Morgan fingerprint density at radius 2 is 2.07 bits per heavy atom. The third-order valence-electron chi connectivity index (χ3n) is 5.09. The number of rotatable bonds is 4. The molecule has 1 aliphatic heterocycles. The van der Waals surface area contributed by atoms with Gasteiger partial charge in [-0.05, 0) is 31.5 Å². The topological polar surface area (TPSA) is 94.9 Å². The molecule has 0 fully saturated rings. The van der Waals surface area contributed by atoms with Crippen LogP contribution in [-0.2, 0) is 12.8 Å². The van der Waals surface area contributed by atoms with E-state index in [0.717, 1.165) is 21.0 Å². The molecule has 1 N–H and O–H groups in total. The predicted molar refractivity (Wildman–Crippen MR) is 116 cm³/mol. The fourth-order valence-electron chi connectivity index (χ4n) is 3.38. The molecule has 0 bridgehead atoms. The quantitative estimate of drug-likeness (QED) is 0.484. The zero-order chi connectivity index (χ0) is 20.8. The van der Waals surface area contributed by atoms with Crippen LogP contribution in [0.3, 0.4) is 0 Å². The smallest absolute Gasteiger partial charge is 0.259 e. The van der Waals surface area contributed by atoms with E-state index in [0.29, 0.717) is 40.3 Å². The highest BCUT2D eigenvalue weighted by molar-refractivity contribution is 7.98. The predicted octanol–water partition coefficient (Wildman–Crippen LogP) is 3.53.